The van der Waals surface area contributed by atoms with E-state index in [1.165, 1.54) is 6.07 Å². The maximum absolute atomic E-state index is 13.7. The fourth-order valence-electron chi connectivity index (χ4n) is 2.44. The molecule has 1 aliphatic heterocycles. The van der Waals surface area contributed by atoms with Gasteiger partial charge in [0.1, 0.15) is 11.6 Å². The van der Waals surface area contributed by atoms with Gasteiger partial charge in [0.25, 0.3) is 0 Å². The summed E-state index contributed by atoms with van der Waals surface area (Å²) in [5.41, 5.74) is 0.365. The molecular formula is C14H19BrF2N2. The van der Waals surface area contributed by atoms with E-state index in [4.69, 9.17) is 0 Å². The number of benzene rings is 1. The number of nitrogens with one attached hydrogen (secondary N) is 1. The molecule has 1 saturated heterocycles. The largest absolute Gasteiger partial charge is 0.379 e. The molecule has 1 aliphatic rings. The van der Waals surface area contributed by atoms with Crippen LogP contribution < -0.4 is 5.32 Å². The molecule has 2 nitrogen and oxygen atoms in total. The fraction of sp³-hybridized carbons (Fsp3) is 0.571. The number of halogens is 3. The van der Waals surface area contributed by atoms with Crippen LogP contribution in [0.15, 0.2) is 16.6 Å². The fourth-order valence-corrected chi connectivity index (χ4v) is 2.97. The van der Waals surface area contributed by atoms with Crippen LogP contribution >= 0.6 is 15.9 Å². The maximum Gasteiger partial charge on any atom is 0.150 e. The summed E-state index contributed by atoms with van der Waals surface area (Å²) in [5, 5.41) is 3.19. The van der Waals surface area contributed by atoms with E-state index in [1.54, 1.807) is 0 Å². The van der Waals surface area contributed by atoms with Crippen molar-refractivity contribution in [2.75, 3.05) is 18.4 Å². The molecule has 0 atom stereocenters. The molecule has 0 aromatic heterocycles. The Morgan fingerprint density at radius 1 is 1.26 bits per heavy atom. The Morgan fingerprint density at radius 2 is 1.89 bits per heavy atom. The van der Waals surface area contributed by atoms with Crippen LogP contribution in [-0.4, -0.2) is 30.1 Å². The second kappa shape index (κ2) is 6.18. The highest BCUT2D eigenvalue weighted by Gasteiger charge is 2.22. The van der Waals surface area contributed by atoms with Gasteiger partial charge in [0.15, 0.2) is 0 Å². The van der Waals surface area contributed by atoms with Gasteiger partial charge >= 0.3 is 0 Å². The molecule has 1 aromatic carbocycles. The van der Waals surface area contributed by atoms with Crippen LogP contribution in [0.4, 0.5) is 14.5 Å². The van der Waals surface area contributed by atoms with Crippen molar-refractivity contribution in [1.82, 2.24) is 4.90 Å². The van der Waals surface area contributed by atoms with Crippen molar-refractivity contribution in [3.8, 4) is 0 Å². The minimum Gasteiger partial charge on any atom is -0.379 e. The molecule has 0 aliphatic carbocycles. The molecule has 0 saturated carbocycles. The number of hydrogen-bond acceptors (Lipinski definition) is 2. The minimum atomic E-state index is -0.565. The van der Waals surface area contributed by atoms with Crippen molar-refractivity contribution in [3.63, 3.8) is 0 Å². The first-order chi connectivity index (χ1) is 8.97. The highest BCUT2D eigenvalue weighted by atomic mass is 79.9. The number of likely N-dealkylation sites (tertiary alicyclic amines) is 1. The van der Waals surface area contributed by atoms with Crippen LogP contribution in [0.2, 0.25) is 0 Å². The van der Waals surface area contributed by atoms with Gasteiger partial charge < -0.3 is 10.2 Å². The second-order valence-electron chi connectivity index (χ2n) is 5.29. The Kier molecular flexibility index (Phi) is 4.79. The van der Waals surface area contributed by atoms with Crippen LogP contribution in [0.5, 0.6) is 0 Å². The van der Waals surface area contributed by atoms with Crippen molar-refractivity contribution >= 4 is 21.6 Å². The Bertz CT molecular complexity index is 420. The van der Waals surface area contributed by atoms with Gasteiger partial charge in [-0.1, -0.05) is 0 Å². The van der Waals surface area contributed by atoms with Crippen LogP contribution in [0.25, 0.3) is 0 Å². The summed E-state index contributed by atoms with van der Waals surface area (Å²) in [6, 6.07) is 2.99. The third-order valence-electron chi connectivity index (χ3n) is 3.62. The van der Waals surface area contributed by atoms with E-state index >= 15 is 0 Å². The molecule has 1 fully saturated rings. The quantitative estimate of drug-likeness (QED) is 0.899. The molecule has 0 radical (unpaired) electrons. The zero-order valence-electron chi connectivity index (χ0n) is 11.2. The van der Waals surface area contributed by atoms with Crippen molar-refractivity contribution in [3.05, 3.63) is 28.2 Å². The molecule has 1 N–H and O–H groups in total. The lowest BCUT2D eigenvalue weighted by molar-refractivity contribution is 0.177. The van der Waals surface area contributed by atoms with Crippen molar-refractivity contribution in [2.24, 2.45) is 0 Å². The highest BCUT2D eigenvalue weighted by molar-refractivity contribution is 9.10. The van der Waals surface area contributed by atoms with E-state index < -0.39 is 11.6 Å². The topological polar surface area (TPSA) is 15.3 Å². The third kappa shape index (κ3) is 3.66. The summed E-state index contributed by atoms with van der Waals surface area (Å²) >= 11 is 3.21. The SMILES string of the molecule is CC(C)N1CCC(Nc2c(F)cc(F)cc2Br)CC1. The smallest absolute Gasteiger partial charge is 0.150 e. The van der Waals surface area contributed by atoms with Gasteiger partial charge in [-0.3, -0.25) is 0 Å². The molecule has 2 rings (SSSR count). The predicted molar refractivity (Wildman–Crippen MR) is 77.4 cm³/mol. The van der Waals surface area contributed by atoms with E-state index in [2.05, 4.69) is 40.0 Å². The molecule has 19 heavy (non-hydrogen) atoms. The Morgan fingerprint density at radius 3 is 2.42 bits per heavy atom. The van der Waals surface area contributed by atoms with Crippen molar-refractivity contribution < 1.29 is 8.78 Å². The molecule has 1 heterocycles. The maximum atomic E-state index is 13.7. The van der Waals surface area contributed by atoms with E-state index in [1.807, 2.05) is 0 Å². The first-order valence-corrected chi connectivity index (χ1v) is 7.42. The van der Waals surface area contributed by atoms with Gasteiger partial charge in [-0.25, -0.2) is 8.78 Å². The molecule has 0 unspecified atom stereocenters. The second-order valence-corrected chi connectivity index (χ2v) is 6.15. The number of hydrogen-bond donors (Lipinski definition) is 1. The monoisotopic (exact) mass is 332 g/mol. The summed E-state index contributed by atoms with van der Waals surface area (Å²) < 4.78 is 27.2. The van der Waals surface area contributed by atoms with Crippen molar-refractivity contribution in [2.45, 2.75) is 38.8 Å². The lowest BCUT2D eigenvalue weighted by atomic mass is 10.0. The number of piperidine rings is 1. The molecule has 0 bridgehead atoms. The van der Waals surface area contributed by atoms with Crippen LogP contribution in [0.3, 0.4) is 0 Å². The summed E-state index contributed by atoms with van der Waals surface area (Å²) in [5.74, 6) is -1.11. The minimum absolute atomic E-state index is 0.242. The van der Waals surface area contributed by atoms with E-state index in [0.29, 0.717) is 16.2 Å². The summed E-state index contributed by atoms with van der Waals surface area (Å²) in [4.78, 5) is 2.41. The molecule has 1 aromatic rings. The normalized spacial score (nSPS) is 18.0. The van der Waals surface area contributed by atoms with Crippen LogP contribution in [0, 0.1) is 11.6 Å². The molecule has 0 amide bonds. The zero-order chi connectivity index (χ0) is 14.0. The van der Waals surface area contributed by atoms with Gasteiger partial charge in [-0.05, 0) is 48.7 Å². The first kappa shape index (κ1) is 14.7. The molecule has 106 valence electrons. The molecule has 0 spiro atoms. The lowest BCUT2D eigenvalue weighted by Gasteiger charge is -2.35. The number of anilines is 1. The number of nitrogens with zero attached hydrogens (tertiary/aromatic N) is 1. The first-order valence-electron chi connectivity index (χ1n) is 6.62. The summed E-state index contributed by atoms with van der Waals surface area (Å²) in [6.07, 6.45) is 1.95. The van der Waals surface area contributed by atoms with Gasteiger partial charge in [-0.15, -0.1) is 0 Å². The van der Waals surface area contributed by atoms with E-state index in [0.717, 1.165) is 32.0 Å². The standard InChI is InChI=1S/C14H19BrF2N2/c1-9(2)19-5-3-11(4-6-19)18-14-12(15)7-10(16)8-13(14)17/h7-9,11,18H,3-6H2,1-2H3. The Hall–Kier alpha value is -0.680. The van der Waals surface area contributed by atoms with Gasteiger partial charge in [0, 0.05) is 35.7 Å². The lowest BCUT2D eigenvalue weighted by Crippen LogP contribution is -2.42. The summed E-state index contributed by atoms with van der Waals surface area (Å²) in [7, 11) is 0. The van der Waals surface area contributed by atoms with Gasteiger partial charge in [-0.2, -0.15) is 0 Å². The van der Waals surface area contributed by atoms with Gasteiger partial charge in [0.2, 0.25) is 0 Å². The Labute approximate surface area is 121 Å². The average molecular weight is 333 g/mol. The molecular weight excluding hydrogens is 314 g/mol. The van der Waals surface area contributed by atoms with E-state index in [-0.39, 0.29) is 6.04 Å². The van der Waals surface area contributed by atoms with Crippen LogP contribution in [0.1, 0.15) is 26.7 Å². The Balaban J connectivity index is 2.00. The average Bonchev–Trinajstić information content (AvgIpc) is 2.34. The van der Waals surface area contributed by atoms with Crippen molar-refractivity contribution in [1.29, 1.82) is 0 Å². The molecule has 5 heteroatoms. The van der Waals surface area contributed by atoms with Gasteiger partial charge in [0.05, 0.1) is 5.69 Å². The zero-order valence-corrected chi connectivity index (χ0v) is 12.8. The predicted octanol–water partition coefficient (Wildman–Crippen LogP) is 4.01. The third-order valence-corrected chi connectivity index (χ3v) is 4.24. The van der Waals surface area contributed by atoms with E-state index in [9.17, 15) is 8.78 Å². The highest BCUT2D eigenvalue weighted by Crippen LogP contribution is 2.29. The van der Waals surface area contributed by atoms with Crippen LogP contribution in [-0.2, 0) is 0 Å². The summed E-state index contributed by atoms with van der Waals surface area (Å²) in [6.45, 7) is 6.39. The number of rotatable bonds is 3.